The Morgan fingerprint density at radius 2 is 2.05 bits per heavy atom. The van der Waals surface area contributed by atoms with Gasteiger partial charge in [-0.3, -0.25) is 4.99 Å². The first-order valence-corrected chi connectivity index (χ1v) is 7.46. The van der Waals surface area contributed by atoms with E-state index in [1.54, 1.807) is 0 Å². The largest absolute Gasteiger partial charge is 0.378 e. The van der Waals surface area contributed by atoms with Crippen LogP contribution in [0, 0.1) is 0 Å². The maximum Gasteiger partial charge on any atom is 0.191 e. The first kappa shape index (κ1) is 16.8. The number of ether oxygens (including phenoxy) is 1. The van der Waals surface area contributed by atoms with Crippen LogP contribution in [-0.2, 0) is 10.2 Å². The number of guanidine groups is 1. The smallest absolute Gasteiger partial charge is 0.191 e. The number of nitrogens with two attached hydrogens (primary N) is 1. The van der Waals surface area contributed by atoms with Crippen molar-refractivity contribution in [2.75, 3.05) is 32.8 Å². The van der Waals surface area contributed by atoms with Crippen LogP contribution in [0.1, 0.15) is 18.4 Å². The SMILES string of the molecule is I.NC(=NCC1(c2cccc(Cl)c2)CC1)N1CCOCC1. The normalized spacial score (nSPS) is 20.8. The third kappa shape index (κ3) is 4.02. The van der Waals surface area contributed by atoms with E-state index in [0.29, 0.717) is 5.96 Å². The summed E-state index contributed by atoms with van der Waals surface area (Å²) in [6.07, 6.45) is 2.32. The van der Waals surface area contributed by atoms with Crippen molar-refractivity contribution in [2.24, 2.45) is 10.7 Å². The molecular formula is C15H21ClIN3O. The van der Waals surface area contributed by atoms with Crippen molar-refractivity contribution in [2.45, 2.75) is 18.3 Å². The topological polar surface area (TPSA) is 50.8 Å². The quantitative estimate of drug-likeness (QED) is 0.464. The van der Waals surface area contributed by atoms with Crippen LogP contribution in [0.4, 0.5) is 0 Å². The monoisotopic (exact) mass is 421 g/mol. The molecule has 4 nitrogen and oxygen atoms in total. The van der Waals surface area contributed by atoms with Gasteiger partial charge in [0.25, 0.3) is 0 Å². The Kier molecular flexibility index (Phi) is 5.73. The van der Waals surface area contributed by atoms with E-state index >= 15 is 0 Å². The first-order chi connectivity index (χ1) is 9.70. The summed E-state index contributed by atoms with van der Waals surface area (Å²) < 4.78 is 5.32. The van der Waals surface area contributed by atoms with Gasteiger partial charge in [-0.15, -0.1) is 24.0 Å². The molecule has 0 atom stereocenters. The Balaban J connectivity index is 0.00000161. The van der Waals surface area contributed by atoms with Crippen molar-refractivity contribution in [3.05, 3.63) is 34.9 Å². The highest BCUT2D eigenvalue weighted by Crippen LogP contribution is 2.48. The molecule has 1 aromatic rings. The fourth-order valence-electron chi connectivity index (χ4n) is 2.63. The summed E-state index contributed by atoms with van der Waals surface area (Å²) in [4.78, 5) is 6.70. The highest BCUT2D eigenvalue weighted by Gasteiger charge is 2.44. The van der Waals surface area contributed by atoms with E-state index in [0.717, 1.165) is 50.7 Å². The summed E-state index contributed by atoms with van der Waals surface area (Å²) in [6, 6.07) is 8.10. The molecule has 1 aliphatic carbocycles. The zero-order chi connectivity index (χ0) is 14.0. The van der Waals surface area contributed by atoms with Gasteiger partial charge >= 0.3 is 0 Å². The molecule has 116 valence electrons. The van der Waals surface area contributed by atoms with E-state index in [1.165, 1.54) is 5.56 Å². The van der Waals surface area contributed by atoms with Crippen LogP contribution in [-0.4, -0.2) is 43.7 Å². The van der Waals surface area contributed by atoms with Gasteiger partial charge < -0.3 is 15.4 Å². The van der Waals surface area contributed by atoms with Crippen LogP contribution in [0.2, 0.25) is 5.02 Å². The third-order valence-corrected chi connectivity index (χ3v) is 4.40. The van der Waals surface area contributed by atoms with E-state index in [9.17, 15) is 0 Å². The van der Waals surface area contributed by atoms with Gasteiger partial charge in [-0.1, -0.05) is 23.7 Å². The lowest BCUT2D eigenvalue weighted by Gasteiger charge is -2.28. The fraction of sp³-hybridized carbons (Fsp3) is 0.533. The fourth-order valence-corrected chi connectivity index (χ4v) is 2.82. The van der Waals surface area contributed by atoms with Gasteiger partial charge in [0.1, 0.15) is 0 Å². The van der Waals surface area contributed by atoms with E-state index < -0.39 is 0 Å². The molecule has 2 N–H and O–H groups in total. The standard InChI is InChI=1S/C15H20ClN3O.HI/c16-13-3-1-2-12(10-13)15(4-5-15)11-18-14(17)19-6-8-20-9-7-19;/h1-3,10H,4-9,11H2,(H2,17,18);1H. The van der Waals surface area contributed by atoms with E-state index in [-0.39, 0.29) is 29.4 Å². The highest BCUT2D eigenvalue weighted by molar-refractivity contribution is 14.0. The zero-order valence-corrected chi connectivity index (χ0v) is 15.0. The maximum absolute atomic E-state index is 6.09. The molecule has 2 fully saturated rings. The van der Waals surface area contributed by atoms with Crippen LogP contribution < -0.4 is 5.73 Å². The summed E-state index contributed by atoms with van der Waals surface area (Å²) in [5.41, 5.74) is 7.52. The first-order valence-electron chi connectivity index (χ1n) is 7.08. The van der Waals surface area contributed by atoms with Crippen molar-refractivity contribution in [1.29, 1.82) is 0 Å². The third-order valence-electron chi connectivity index (χ3n) is 4.17. The average molecular weight is 422 g/mol. The molecule has 21 heavy (non-hydrogen) atoms. The van der Waals surface area contributed by atoms with Crippen LogP contribution in [0.25, 0.3) is 0 Å². The second-order valence-corrected chi connectivity index (χ2v) is 6.00. The van der Waals surface area contributed by atoms with Gasteiger partial charge in [-0.25, -0.2) is 0 Å². The number of halogens is 2. The van der Waals surface area contributed by atoms with E-state index in [4.69, 9.17) is 22.1 Å². The van der Waals surface area contributed by atoms with Gasteiger partial charge in [0.2, 0.25) is 0 Å². The van der Waals surface area contributed by atoms with Gasteiger partial charge in [0.05, 0.1) is 19.8 Å². The van der Waals surface area contributed by atoms with Gasteiger partial charge in [-0.05, 0) is 30.5 Å². The number of nitrogens with zero attached hydrogens (tertiary/aromatic N) is 2. The van der Waals surface area contributed by atoms with Crippen LogP contribution in [0.5, 0.6) is 0 Å². The molecule has 0 unspecified atom stereocenters. The predicted octanol–water partition coefficient (Wildman–Crippen LogP) is 2.64. The van der Waals surface area contributed by atoms with Gasteiger partial charge in [0.15, 0.2) is 5.96 Å². The van der Waals surface area contributed by atoms with Crippen molar-refractivity contribution in [3.63, 3.8) is 0 Å². The second-order valence-electron chi connectivity index (χ2n) is 5.56. The van der Waals surface area contributed by atoms with Crippen molar-refractivity contribution in [1.82, 2.24) is 4.90 Å². The number of hydrogen-bond donors (Lipinski definition) is 1. The van der Waals surface area contributed by atoms with Crippen molar-refractivity contribution in [3.8, 4) is 0 Å². The van der Waals surface area contributed by atoms with Gasteiger partial charge in [0, 0.05) is 23.5 Å². The Morgan fingerprint density at radius 3 is 2.67 bits per heavy atom. The highest BCUT2D eigenvalue weighted by atomic mass is 127. The number of benzene rings is 1. The van der Waals surface area contributed by atoms with Crippen molar-refractivity contribution < 1.29 is 4.74 Å². The summed E-state index contributed by atoms with van der Waals surface area (Å²) in [5.74, 6) is 0.640. The van der Waals surface area contributed by atoms with E-state index in [1.807, 2.05) is 12.1 Å². The molecule has 2 aliphatic rings. The number of hydrogen-bond acceptors (Lipinski definition) is 2. The number of morpholine rings is 1. The lowest BCUT2D eigenvalue weighted by atomic mass is 9.96. The molecule has 0 radical (unpaired) electrons. The number of aliphatic imine (C=N–C) groups is 1. The van der Waals surface area contributed by atoms with Crippen LogP contribution >= 0.6 is 35.6 Å². The summed E-state index contributed by atoms with van der Waals surface area (Å²) in [5, 5.41) is 0.791. The van der Waals surface area contributed by atoms with E-state index in [2.05, 4.69) is 22.0 Å². The summed E-state index contributed by atoms with van der Waals surface area (Å²) in [7, 11) is 0. The molecule has 1 saturated carbocycles. The molecule has 6 heteroatoms. The van der Waals surface area contributed by atoms with Crippen molar-refractivity contribution >= 4 is 41.5 Å². The molecule has 0 bridgehead atoms. The van der Waals surface area contributed by atoms with Crippen LogP contribution in [0.15, 0.2) is 29.3 Å². The molecular weight excluding hydrogens is 401 g/mol. The average Bonchev–Trinajstić information content (AvgIpc) is 3.27. The minimum absolute atomic E-state index is 0. The Bertz CT molecular complexity index is 513. The summed E-state index contributed by atoms with van der Waals surface area (Å²) in [6.45, 7) is 3.88. The minimum atomic E-state index is 0. The molecule has 1 heterocycles. The molecule has 1 aliphatic heterocycles. The molecule has 0 amide bonds. The zero-order valence-electron chi connectivity index (χ0n) is 11.9. The molecule has 0 aromatic heterocycles. The number of rotatable bonds is 3. The molecule has 1 aromatic carbocycles. The molecule has 1 saturated heterocycles. The second kappa shape index (κ2) is 7.15. The Labute approximate surface area is 147 Å². The molecule has 3 rings (SSSR count). The Hall–Kier alpha value is -0.530. The Morgan fingerprint density at radius 1 is 1.33 bits per heavy atom. The lowest BCUT2D eigenvalue weighted by molar-refractivity contribution is 0.0674. The van der Waals surface area contributed by atoms with Crippen LogP contribution in [0.3, 0.4) is 0 Å². The predicted molar refractivity (Wildman–Crippen MR) is 96.7 cm³/mol. The molecule has 0 spiro atoms. The van der Waals surface area contributed by atoms with Gasteiger partial charge in [-0.2, -0.15) is 0 Å². The lowest BCUT2D eigenvalue weighted by Crippen LogP contribution is -2.45. The maximum atomic E-state index is 6.09. The minimum Gasteiger partial charge on any atom is -0.378 e. The summed E-state index contributed by atoms with van der Waals surface area (Å²) >= 11 is 6.08.